The number of nitrogens with zero attached hydrogens (tertiary/aromatic N) is 1. The lowest BCUT2D eigenvalue weighted by molar-refractivity contribution is -0.384. The molecule has 2 aromatic carbocycles. The Kier molecular flexibility index (Phi) is 8.81. The normalized spacial score (nSPS) is 18.4. The SMILES string of the molecule is COC(=O)C1=C(C(F)(F)F)NC(C)=C(C(=O)OCCOc2ccc(OCC3CO3)cc2)C1c1cccc([N+](=O)[O-])c1. The summed E-state index contributed by atoms with van der Waals surface area (Å²) in [5.74, 6) is -3.04. The zero-order valence-corrected chi connectivity index (χ0v) is 21.9. The molecule has 0 radical (unpaired) electrons. The third-order valence-corrected chi connectivity index (χ3v) is 6.13. The van der Waals surface area contributed by atoms with Crippen LogP contribution >= 0.6 is 0 Å². The van der Waals surface area contributed by atoms with Gasteiger partial charge in [0.15, 0.2) is 0 Å². The minimum Gasteiger partial charge on any atom is -0.491 e. The number of nitro groups is 1. The fourth-order valence-corrected chi connectivity index (χ4v) is 4.16. The van der Waals surface area contributed by atoms with Crippen molar-refractivity contribution in [3.8, 4) is 11.5 Å². The maximum atomic E-state index is 14.0. The summed E-state index contributed by atoms with van der Waals surface area (Å²) in [5, 5.41) is 13.4. The minimum absolute atomic E-state index is 0.101. The Morgan fingerprint density at radius 3 is 2.29 bits per heavy atom. The Balaban J connectivity index is 1.53. The summed E-state index contributed by atoms with van der Waals surface area (Å²) in [6.07, 6.45) is -4.94. The van der Waals surface area contributed by atoms with Gasteiger partial charge in [0.25, 0.3) is 5.69 Å². The van der Waals surface area contributed by atoms with Crippen LogP contribution < -0.4 is 14.8 Å². The first-order valence-electron chi connectivity index (χ1n) is 12.3. The predicted octanol–water partition coefficient (Wildman–Crippen LogP) is 3.94. The summed E-state index contributed by atoms with van der Waals surface area (Å²) in [6, 6.07) is 11.3. The molecule has 2 aliphatic heterocycles. The second-order valence-corrected chi connectivity index (χ2v) is 8.95. The van der Waals surface area contributed by atoms with E-state index in [-0.39, 0.29) is 36.2 Å². The van der Waals surface area contributed by atoms with Crippen LogP contribution in [0.4, 0.5) is 18.9 Å². The average Bonchev–Trinajstić information content (AvgIpc) is 3.78. The molecular weight excluding hydrogens is 553 g/mol. The number of allylic oxidation sites excluding steroid dienone is 2. The molecule has 0 aromatic heterocycles. The first-order chi connectivity index (χ1) is 19.5. The van der Waals surface area contributed by atoms with Crippen molar-refractivity contribution in [1.82, 2.24) is 5.32 Å². The Morgan fingerprint density at radius 1 is 1.05 bits per heavy atom. The lowest BCUT2D eigenvalue weighted by Crippen LogP contribution is -2.38. The van der Waals surface area contributed by atoms with E-state index in [9.17, 15) is 32.9 Å². The molecule has 218 valence electrons. The first kappa shape index (κ1) is 29.4. The monoisotopic (exact) mass is 578 g/mol. The zero-order valence-electron chi connectivity index (χ0n) is 21.9. The van der Waals surface area contributed by atoms with E-state index in [1.807, 2.05) is 0 Å². The number of hydrogen-bond acceptors (Lipinski definition) is 10. The molecule has 4 rings (SSSR count). The molecule has 11 nitrogen and oxygen atoms in total. The number of benzene rings is 2. The molecule has 0 spiro atoms. The molecule has 0 bridgehead atoms. The van der Waals surface area contributed by atoms with Gasteiger partial charge in [-0.2, -0.15) is 13.2 Å². The Labute approximate surface area is 231 Å². The second-order valence-electron chi connectivity index (χ2n) is 8.95. The number of esters is 2. The molecule has 2 heterocycles. The molecule has 0 aliphatic carbocycles. The maximum absolute atomic E-state index is 14.0. The van der Waals surface area contributed by atoms with Crippen LogP contribution in [0.25, 0.3) is 0 Å². The number of nitro benzene ring substituents is 1. The standard InChI is InChI=1S/C27H25F3N2O9/c1-15-21(26(34)39-11-10-38-18-6-8-19(9-7-18)40-13-20-14-41-20)22(16-4-3-5-17(12-16)32(35)36)23(25(33)37-2)24(31-15)27(28,29)30/h3-9,12,20,22,31H,10-11,13-14H2,1-2H3. The lowest BCUT2D eigenvalue weighted by Gasteiger charge is -2.31. The highest BCUT2D eigenvalue weighted by atomic mass is 19.4. The van der Waals surface area contributed by atoms with E-state index in [0.29, 0.717) is 24.7 Å². The van der Waals surface area contributed by atoms with Crippen molar-refractivity contribution in [2.45, 2.75) is 25.1 Å². The van der Waals surface area contributed by atoms with Crippen molar-refractivity contribution in [3.63, 3.8) is 0 Å². The summed E-state index contributed by atoms with van der Waals surface area (Å²) in [5.41, 5.74) is -3.55. The smallest absolute Gasteiger partial charge is 0.431 e. The van der Waals surface area contributed by atoms with Crippen molar-refractivity contribution < 1.29 is 51.4 Å². The number of carbonyl (C=O) groups is 2. The molecule has 0 amide bonds. The van der Waals surface area contributed by atoms with Gasteiger partial charge in [-0.05, 0) is 36.8 Å². The van der Waals surface area contributed by atoms with E-state index in [1.165, 1.54) is 19.1 Å². The van der Waals surface area contributed by atoms with Gasteiger partial charge in [-0.1, -0.05) is 12.1 Å². The summed E-state index contributed by atoms with van der Waals surface area (Å²) >= 11 is 0. The van der Waals surface area contributed by atoms with Crippen LogP contribution in [-0.4, -0.2) is 62.7 Å². The number of halogens is 3. The molecule has 2 aromatic rings. The maximum Gasteiger partial charge on any atom is 0.431 e. The summed E-state index contributed by atoms with van der Waals surface area (Å²) in [7, 11) is 0.883. The third kappa shape index (κ3) is 7.14. The van der Waals surface area contributed by atoms with Crippen molar-refractivity contribution >= 4 is 17.6 Å². The molecular formula is C27H25F3N2O9. The summed E-state index contributed by atoms with van der Waals surface area (Å²) in [6.45, 7) is 1.92. The Morgan fingerprint density at radius 2 is 1.71 bits per heavy atom. The lowest BCUT2D eigenvalue weighted by atomic mass is 9.80. The van der Waals surface area contributed by atoms with Crippen molar-refractivity contribution in [2.75, 3.05) is 33.5 Å². The number of nitrogens with one attached hydrogen (secondary N) is 1. The number of dihydropyridines is 1. The van der Waals surface area contributed by atoms with Gasteiger partial charge in [0.05, 0.1) is 35.7 Å². The highest BCUT2D eigenvalue weighted by molar-refractivity contribution is 6.00. The molecule has 1 N–H and O–H groups in total. The van der Waals surface area contributed by atoms with Crippen LogP contribution in [0, 0.1) is 10.1 Å². The number of epoxide rings is 1. The Hall–Kier alpha value is -4.59. The number of carbonyl (C=O) groups excluding carboxylic acids is 2. The van der Waals surface area contributed by atoms with Gasteiger partial charge in [-0.3, -0.25) is 10.1 Å². The highest BCUT2D eigenvalue weighted by Gasteiger charge is 2.47. The molecule has 2 atom stereocenters. The quantitative estimate of drug-likeness (QED) is 0.137. The van der Waals surface area contributed by atoms with E-state index >= 15 is 0 Å². The topological polar surface area (TPSA) is 139 Å². The van der Waals surface area contributed by atoms with Crippen molar-refractivity contribution in [3.05, 3.63) is 86.7 Å². The van der Waals surface area contributed by atoms with Crippen LogP contribution in [0.2, 0.25) is 0 Å². The molecule has 14 heteroatoms. The van der Waals surface area contributed by atoms with E-state index < -0.39 is 45.9 Å². The van der Waals surface area contributed by atoms with Gasteiger partial charge < -0.3 is 29.0 Å². The molecule has 1 saturated heterocycles. The first-order valence-corrected chi connectivity index (χ1v) is 12.3. The van der Waals surface area contributed by atoms with Gasteiger partial charge in [0.2, 0.25) is 0 Å². The molecule has 2 aliphatic rings. The molecule has 0 saturated carbocycles. The van der Waals surface area contributed by atoms with E-state index in [0.717, 1.165) is 19.2 Å². The van der Waals surface area contributed by atoms with Gasteiger partial charge >= 0.3 is 18.1 Å². The number of hydrogen-bond donors (Lipinski definition) is 1. The number of alkyl halides is 3. The number of non-ortho nitro benzene ring substituents is 1. The van der Waals surface area contributed by atoms with Crippen LogP contribution in [-0.2, 0) is 23.8 Å². The minimum atomic E-state index is -5.04. The van der Waals surface area contributed by atoms with Gasteiger partial charge in [0.1, 0.15) is 43.1 Å². The molecule has 1 fully saturated rings. The fourth-order valence-electron chi connectivity index (χ4n) is 4.16. The molecule has 2 unspecified atom stereocenters. The molecule has 41 heavy (non-hydrogen) atoms. The number of methoxy groups -OCH3 is 1. The zero-order chi connectivity index (χ0) is 29.7. The van der Waals surface area contributed by atoms with E-state index in [1.54, 1.807) is 24.3 Å². The summed E-state index contributed by atoms with van der Waals surface area (Å²) in [4.78, 5) is 36.5. The van der Waals surface area contributed by atoms with Crippen molar-refractivity contribution in [2.24, 2.45) is 0 Å². The van der Waals surface area contributed by atoms with Gasteiger partial charge in [0, 0.05) is 17.8 Å². The largest absolute Gasteiger partial charge is 0.491 e. The van der Waals surface area contributed by atoms with E-state index in [2.05, 4.69) is 10.1 Å². The number of ether oxygens (including phenoxy) is 5. The van der Waals surface area contributed by atoms with E-state index in [4.69, 9.17) is 18.9 Å². The second kappa shape index (κ2) is 12.3. The average molecular weight is 578 g/mol. The van der Waals surface area contributed by atoms with Gasteiger partial charge in [-0.25, -0.2) is 9.59 Å². The third-order valence-electron chi connectivity index (χ3n) is 6.13. The van der Waals surface area contributed by atoms with Crippen LogP contribution in [0.5, 0.6) is 11.5 Å². The van der Waals surface area contributed by atoms with Crippen molar-refractivity contribution in [1.29, 1.82) is 0 Å². The summed E-state index contributed by atoms with van der Waals surface area (Å²) < 4.78 is 68.1. The fraction of sp³-hybridized carbons (Fsp3) is 0.333. The van der Waals surface area contributed by atoms with Gasteiger partial charge in [-0.15, -0.1) is 0 Å². The number of rotatable bonds is 11. The van der Waals surface area contributed by atoms with Crippen LogP contribution in [0.15, 0.2) is 71.1 Å². The predicted molar refractivity (Wildman–Crippen MR) is 135 cm³/mol. The highest BCUT2D eigenvalue weighted by Crippen LogP contribution is 2.44. The Bertz CT molecular complexity index is 1380. The van der Waals surface area contributed by atoms with Crippen LogP contribution in [0.3, 0.4) is 0 Å². The van der Waals surface area contributed by atoms with Crippen LogP contribution in [0.1, 0.15) is 18.4 Å².